The van der Waals surface area contributed by atoms with Gasteiger partial charge in [0.05, 0.1) is 11.5 Å². The average Bonchev–Trinajstić information content (AvgIpc) is 3.14. The van der Waals surface area contributed by atoms with Crippen LogP contribution in [0.1, 0.15) is 40.9 Å². The second kappa shape index (κ2) is 8.54. The number of amides is 1. The monoisotopic (exact) mass is 375 g/mol. The molecule has 25 heavy (non-hydrogen) atoms. The lowest BCUT2D eigenvalue weighted by Gasteiger charge is -2.27. The van der Waals surface area contributed by atoms with Crippen molar-refractivity contribution in [3.05, 3.63) is 52.2 Å². The summed E-state index contributed by atoms with van der Waals surface area (Å²) >= 11 is 3.39. The van der Waals surface area contributed by atoms with E-state index in [1.54, 1.807) is 23.1 Å². The van der Waals surface area contributed by atoms with Gasteiger partial charge < -0.3 is 10.4 Å². The number of hydrogen-bond donors (Lipinski definition) is 2. The number of carboxylic acid groups (broad SMARTS) is 1. The van der Waals surface area contributed by atoms with Gasteiger partial charge in [-0.25, -0.2) is 0 Å². The average molecular weight is 376 g/mol. The van der Waals surface area contributed by atoms with Gasteiger partial charge in [0.2, 0.25) is 0 Å². The quantitative estimate of drug-likeness (QED) is 0.734. The number of benzene rings is 1. The van der Waals surface area contributed by atoms with E-state index in [2.05, 4.69) is 16.8 Å². The SMILES string of the molecule is O=C(NC1CCC(C(=O)O)CC1)c1ccccc1SCc1cccs1. The van der Waals surface area contributed by atoms with Gasteiger partial charge in [-0.05, 0) is 49.3 Å². The van der Waals surface area contributed by atoms with Crippen LogP contribution in [0.4, 0.5) is 0 Å². The maximum absolute atomic E-state index is 12.7. The predicted octanol–water partition coefficient (Wildman–Crippen LogP) is 4.41. The van der Waals surface area contributed by atoms with Crippen LogP contribution in [0, 0.1) is 5.92 Å². The van der Waals surface area contributed by atoms with E-state index in [0.717, 1.165) is 23.5 Å². The number of rotatable bonds is 6. The van der Waals surface area contributed by atoms with Crippen LogP contribution in [0.5, 0.6) is 0 Å². The number of aliphatic carboxylic acids is 1. The van der Waals surface area contributed by atoms with Crippen LogP contribution in [0.15, 0.2) is 46.7 Å². The molecule has 1 fully saturated rings. The Balaban J connectivity index is 1.59. The zero-order valence-electron chi connectivity index (χ0n) is 13.8. The third-order valence-electron chi connectivity index (χ3n) is 4.49. The van der Waals surface area contributed by atoms with E-state index in [-0.39, 0.29) is 17.9 Å². The number of nitrogens with one attached hydrogen (secondary N) is 1. The maximum Gasteiger partial charge on any atom is 0.306 e. The standard InChI is InChI=1S/C19H21NO3S2/c21-18(20-14-9-7-13(8-10-14)19(22)23)16-5-1-2-6-17(16)25-12-15-4-3-11-24-15/h1-6,11,13-14H,7-10,12H2,(H,20,21)(H,22,23). The minimum Gasteiger partial charge on any atom is -0.481 e. The molecule has 0 unspecified atom stereocenters. The molecule has 2 aromatic rings. The Hall–Kier alpha value is -1.79. The largest absolute Gasteiger partial charge is 0.481 e. The molecule has 3 rings (SSSR count). The summed E-state index contributed by atoms with van der Waals surface area (Å²) in [5, 5.41) is 14.2. The van der Waals surface area contributed by atoms with Gasteiger partial charge in [-0.1, -0.05) is 18.2 Å². The zero-order valence-corrected chi connectivity index (χ0v) is 15.4. The van der Waals surface area contributed by atoms with Crippen molar-refractivity contribution < 1.29 is 14.7 Å². The fourth-order valence-electron chi connectivity index (χ4n) is 3.07. The van der Waals surface area contributed by atoms with Gasteiger partial charge in [0, 0.05) is 21.6 Å². The first kappa shape index (κ1) is 18.0. The Kier molecular flexibility index (Phi) is 6.15. The van der Waals surface area contributed by atoms with Gasteiger partial charge in [-0.3, -0.25) is 9.59 Å². The Labute approximate surface area is 155 Å². The van der Waals surface area contributed by atoms with E-state index in [0.29, 0.717) is 18.4 Å². The maximum atomic E-state index is 12.7. The normalized spacial score (nSPS) is 20.2. The van der Waals surface area contributed by atoms with Crippen molar-refractivity contribution in [3.63, 3.8) is 0 Å². The van der Waals surface area contributed by atoms with E-state index in [9.17, 15) is 9.59 Å². The van der Waals surface area contributed by atoms with Crippen LogP contribution in [0.25, 0.3) is 0 Å². The van der Waals surface area contributed by atoms with Crippen LogP contribution in [-0.2, 0) is 10.5 Å². The molecule has 1 aliphatic rings. The van der Waals surface area contributed by atoms with Gasteiger partial charge in [-0.2, -0.15) is 0 Å². The molecule has 4 nitrogen and oxygen atoms in total. The summed E-state index contributed by atoms with van der Waals surface area (Å²) in [4.78, 5) is 26.0. The topological polar surface area (TPSA) is 66.4 Å². The summed E-state index contributed by atoms with van der Waals surface area (Å²) in [6, 6.07) is 11.9. The minimum atomic E-state index is -0.722. The summed E-state index contributed by atoms with van der Waals surface area (Å²) in [7, 11) is 0. The fourth-order valence-corrected chi connectivity index (χ4v) is 4.89. The van der Waals surface area contributed by atoms with Gasteiger partial charge >= 0.3 is 5.97 Å². The molecule has 1 aromatic heterocycles. The number of carbonyl (C=O) groups is 2. The third-order valence-corrected chi connectivity index (χ3v) is 6.67. The molecule has 0 radical (unpaired) electrons. The van der Waals surface area contributed by atoms with Crippen molar-refractivity contribution >= 4 is 35.0 Å². The molecule has 1 saturated carbocycles. The molecule has 0 saturated heterocycles. The molecule has 1 heterocycles. The van der Waals surface area contributed by atoms with Crippen molar-refractivity contribution in [1.82, 2.24) is 5.32 Å². The molecule has 132 valence electrons. The molecular weight excluding hydrogens is 354 g/mol. The smallest absolute Gasteiger partial charge is 0.306 e. The molecule has 0 aliphatic heterocycles. The van der Waals surface area contributed by atoms with E-state index < -0.39 is 5.97 Å². The second-order valence-corrected chi connectivity index (χ2v) is 8.27. The summed E-state index contributed by atoms with van der Waals surface area (Å²) in [5.74, 6) is -0.193. The number of carboxylic acids is 1. The zero-order chi connectivity index (χ0) is 17.6. The van der Waals surface area contributed by atoms with Crippen molar-refractivity contribution in [3.8, 4) is 0 Å². The highest BCUT2D eigenvalue weighted by Crippen LogP contribution is 2.29. The highest BCUT2D eigenvalue weighted by atomic mass is 32.2. The molecule has 2 N–H and O–H groups in total. The molecule has 6 heteroatoms. The Bertz CT molecular complexity index is 722. The summed E-state index contributed by atoms with van der Waals surface area (Å²) in [6.45, 7) is 0. The highest BCUT2D eigenvalue weighted by molar-refractivity contribution is 7.98. The highest BCUT2D eigenvalue weighted by Gasteiger charge is 2.27. The molecule has 0 bridgehead atoms. The number of thiophene rings is 1. The van der Waals surface area contributed by atoms with E-state index in [1.807, 2.05) is 30.3 Å². The first-order valence-corrected chi connectivity index (χ1v) is 10.3. The molecule has 1 aliphatic carbocycles. The van der Waals surface area contributed by atoms with Crippen LogP contribution in [0.3, 0.4) is 0 Å². The summed E-state index contributed by atoms with van der Waals surface area (Å²) in [6.07, 6.45) is 2.73. The number of thioether (sulfide) groups is 1. The minimum absolute atomic E-state index is 0.0620. The molecular formula is C19H21NO3S2. The van der Waals surface area contributed by atoms with Gasteiger partial charge in [-0.15, -0.1) is 23.1 Å². The predicted molar refractivity (Wildman–Crippen MR) is 101 cm³/mol. The molecule has 0 spiro atoms. The molecule has 0 atom stereocenters. The van der Waals surface area contributed by atoms with Crippen molar-refractivity contribution in [2.45, 2.75) is 42.4 Å². The number of carbonyl (C=O) groups excluding carboxylic acids is 1. The van der Waals surface area contributed by atoms with Gasteiger partial charge in [0.15, 0.2) is 0 Å². The lowest BCUT2D eigenvalue weighted by molar-refractivity contribution is -0.142. The Morgan fingerprint density at radius 2 is 1.88 bits per heavy atom. The van der Waals surface area contributed by atoms with Crippen LogP contribution >= 0.6 is 23.1 Å². The number of hydrogen-bond acceptors (Lipinski definition) is 4. The molecule has 1 amide bonds. The van der Waals surface area contributed by atoms with Gasteiger partial charge in [0.25, 0.3) is 5.91 Å². The van der Waals surface area contributed by atoms with Gasteiger partial charge in [0.1, 0.15) is 0 Å². The van der Waals surface area contributed by atoms with Crippen molar-refractivity contribution in [2.24, 2.45) is 5.92 Å². The Morgan fingerprint density at radius 1 is 1.12 bits per heavy atom. The summed E-state index contributed by atoms with van der Waals surface area (Å²) < 4.78 is 0. The van der Waals surface area contributed by atoms with Crippen LogP contribution < -0.4 is 5.32 Å². The third kappa shape index (κ3) is 4.86. The van der Waals surface area contributed by atoms with Crippen molar-refractivity contribution in [2.75, 3.05) is 0 Å². The first-order valence-electron chi connectivity index (χ1n) is 8.41. The first-order chi connectivity index (χ1) is 12.1. The second-order valence-electron chi connectivity index (χ2n) is 6.22. The van der Waals surface area contributed by atoms with Crippen LogP contribution in [0.2, 0.25) is 0 Å². The van der Waals surface area contributed by atoms with E-state index >= 15 is 0 Å². The van der Waals surface area contributed by atoms with Crippen LogP contribution in [-0.4, -0.2) is 23.0 Å². The summed E-state index contributed by atoms with van der Waals surface area (Å²) in [5.41, 5.74) is 0.699. The van der Waals surface area contributed by atoms with E-state index in [1.165, 1.54) is 4.88 Å². The molecule has 1 aromatic carbocycles. The lowest BCUT2D eigenvalue weighted by Crippen LogP contribution is -2.38. The van der Waals surface area contributed by atoms with E-state index in [4.69, 9.17) is 5.11 Å². The fraction of sp³-hybridized carbons (Fsp3) is 0.368. The Morgan fingerprint density at radius 3 is 2.56 bits per heavy atom. The lowest BCUT2D eigenvalue weighted by atomic mass is 9.86. The van der Waals surface area contributed by atoms with Crippen molar-refractivity contribution in [1.29, 1.82) is 0 Å².